The summed E-state index contributed by atoms with van der Waals surface area (Å²) in [6, 6.07) is 5.65. The topological polar surface area (TPSA) is 103 Å². The number of rotatable bonds is 3. The molecule has 0 amide bonds. The molecular weight excluding hydrogens is 276 g/mol. The molecular formula is C13H10N4O4. The molecule has 0 fully saturated rings. The highest BCUT2D eigenvalue weighted by atomic mass is 16.6. The minimum atomic E-state index is -0.484. The molecule has 0 aliphatic rings. The molecule has 0 radical (unpaired) electrons. The molecule has 0 spiro atoms. The number of aromatic hydroxyl groups is 1. The Balaban J connectivity index is 2.00. The van der Waals surface area contributed by atoms with Crippen molar-refractivity contribution in [2.24, 2.45) is 0 Å². The van der Waals surface area contributed by atoms with Crippen molar-refractivity contribution < 1.29 is 14.8 Å². The second-order valence-electron chi connectivity index (χ2n) is 4.35. The van der Waals surface area contributed by atoms with E-state index in [1.807, 2.05) is 0 Å². The highest BCUT2D eigenvalue weighted by Gasteiger charge is 2.14. The monoisotopic (exact) mass is 286 g/mol. The predicted molar refractivity (Wildman–Crippen MR) is 72.6 cm³/mol. The van der Waals surface area contributed by atoms with Crippen LogP contribution >= 0.6 is 0 Å². The van der Waals surface area contributed by atoms with Crippen molar-refractivity contribution in [2.45, 2.75) is 6.92 Å². The summed E-state index contributed by atoms with van der Waals surface area (Å²) >= 11 is 0. The molecule has 106 valence electrons. The fourth-order valence-corrected chi connectivity index (χ4v) is 1.94. The van der Waals surface area contributed by atoms with Crippen LogP contribution in [0.4, 0.5) is 5.69 Å². The summed E-state index contributed by atoms with van der Waals surface area (Å²) in [6.07, 6.45) is 2.75. The van der Waals surface area contributed by atoms with E-state index >= 15 is 0 Å². The molecule has 0 saturated carbocycles. The molecule has 1 aromatic carbocycles. The average molecular weight is 286 g/mol. The van der Waals surface area contributed by atoms with E-state index in [0.29, 0.717) is 16.8 Å². The van der Waals surface area contributed by atoms with Gasteiger partial charge in [-0.25, -0.2) is 4.52 Å². The first-order valence-electron chi connectivity index (χ1n) is 6.00. The zero-order valence-corrected chi connectivity index (χ0v) is 10.9. The highest BCUT2D eigenvalue weighted by Crippen LogP contribution is 2.31. The maximum atomic E-state index is 10.6. The number of hydrogen-bond donors (Lipinski definition) is 1. The third-order valence-corrected chi connectivity index (χ3v) is 3.03. The van der Waals surface area contributed by atoms with E-state index in [2.05, 4.69) is 10.1 Å². The van der Waals surface area contributed by atoms with Crippen molar-refractivity contribution in [2.75, 3.05) is 0 Å². The molecule has 0 aliphatic carbocycles. The van der Waals surface area contributed by atoms with Crippen molar-refractivity contribution >= 4 is 11.2 Å². The van der Waals surface area contributed by atoms with E-state index in [1.54, 1.807) is 6.92 Å². The SMILES string of the molecule is Cc1c(O)cn2ncnc(Oc3ccc([N+](=O)[O-])cc3)c12. The number of ether oxygens (including phenoxy) is 1. The lowest BCUT2D eigenvalue weighted by molar-refractivity contribution is -0.384. The van der Waals surface area contributed by atoms with Crippen LogP contribution < -0.4 is 4.74 Å². The lowest BCUT2D eigenvalue weighted by atomic mass is 10.3. The van der Waals surface area contributed by atoms with Crippen LogP contribution in [0.2, 0.25) is 0 Å². The normalized spacial score (nSPS) is 10.7. The number of non-ortho nitro benzene ring substituents is 1. The van der Waals surface area contributed by atoms with Crippen molar-refractivity contribution in [3.8, 4) is 17.4 Å². The fourth-order valence-electron chi connectivity index (χ4n) is 1.94. The van der Waals surface area contributed by atoms with Gasteiger partial charge in [-0.2, -0.15) is 10.1 Å². The third-order valence-electron chi connectivity index (χ3n) is 3.03. The summed E-state index contributed by atoms with van der Waals surface area (Å²) in [5.41, 5.74) is 1.10. The number of nitrogens with zero attached hydrogens (tertiary/aromatic N) is 4. The molecule has 8 heteroatoms. The maximum absolute atomic E-state index is 10.6. The van der Waals surface area contributed by atoms with Crippen LogP contribution in [0.1, 0.15) is 5.56 Å². The molecule has 8 nitrogen and oxygen atoms in total. The minimum absolute atomic E-state index is 0.0216. The van der Waals surface area contributed by atoms with Crippen molar-refractivity contribution in [3.63, 3.8) is 0 Å². The van der Waals surface area contributed by atoms with Gasteiger partial charge >= 0.3 is 0 Å². The first-order valence-corrected chi connectivity index (χ1v) is 6.00. The van der Waals surface area contributed by atoms with E-state index in [4.69, 9.17) is 4.74 Å². The van der Waals surface area contributed by atoms with Crippen LogP contribution in [-0.2, 0) is 0 Å². The second kappa shape index (κ2) is 4.75. The smallest absolute Gasteiger partial charge is 0.269 e. The highest BCUT2D eigenvalue weighted by molar-refractivity contribution is 5.67. The van der Waals surface area contributed by atoms with Gasteiger partial charge in [-0.05, 0) is 19.1 Å². The van der Waals surface area contributed by atoms with Gasteiger partial charge in [0.25, 0.3) is 5.69 Å². The van der Waals surface area contributed by atoms with Gasteiger partial charge < -0.3 is 9.84 Å². The van der Waals surface area contributed by atoms with Gasteiger partial charge in [0.15, 0.2) is 0 Å². The molecule has 0 bridgehead atoms. The number of nitro groups is 1. The average Bonchev–Trinajstić information content (AvgIpc) is 2.76. The fraction of sp³-hybridized carbons (Fsp3) is 0.0769. The summed E-state index contributed by atoms with van der Waals surface area (Å²) < 4.78 is 7.07. The van der Waals surface area contributed by atoms with Gasteiger partial charge in [-0.3, -0.25) is 10.1 Å². The van der Waals surface area contributed by atoms with Crippen LogP contribution in [0.25, 0.3) is 5.52 Å². The number of benzene rings is 1. The molecule has 0 atom stereocenters. The van der Waals surface area contributed by atoms with Crippen LogP contribution in [0, 0.1) is 17.0 Å². The minimum Gasteiger partial charge on any atom is -0.506 e. The molecule has 2 aromatic heterocycles. The Hall–Kier alpha value is -3.16. The first kappa shape index (κ1) is 12.9. The summed E-state index contributed by atoms with van der Waals surface area (Å²) in [7, 11) is 0. The van der Waals surface area contributed by atoms with Crippen LogP contribution in [0.15, 0.2) is 36.8 Å². The predicted octanol–water partition coefficient (Wildman–Crippen LogP) is 2.44. The molecule has 1 N–H and O–H groups in total. The number of aryl methyl sites for hydroxylation is 1. The number of aromatic nitrogens is 3. The number of nitro benzene ring substituents is 1. The van der Waals surface area contributed by atoms with Gasteiger partial charge in [0, 0.05) is 17.7 Å². The summed E-state index contributed by atoms with van der Waals surface area (Å²) in [4.78, 5) is 14.2. The van der Waals surface area contributed by atoms with Gasteiger partial charge in [-0.1, -0.05) is 0 Å². The summed E-state index contributed by atoms with van der Waals surface area (Å²) in [5.74, 6) is 0.752. The zero-order chi connectivity index (χ0) is 15.0. The Labute approximate surface area is 118 Å². The lowest BCUT2D eigenvalue weighted by Gasteiger charge is -2.06. The van der Waals surface area contributed by atoms with Crippen molar-refractivity contribution in [1.29, 1.82) is 0 Å². The van der Waals surface area contributed by atoms with E-state index in [0.717, 1.165) is 0 Å². The van der Waals surface area contributed by atoms with Gasteiger partial charge in [0.2, 0.25) is 5.88 Å². The molecule has 21 heavy (non-hydrogen) atoms. The Kier molecular flexibility index (Phi) is 2.90. The standard InChI is InChI=1S/C13H10N4O4/c1-8-11(18)6-16-12(8)13(14-7-15-16)21-10-4-2-9(3-5-10)17(19)20/h2-7,18H,1H3. The van der Waals surface area contributed by atoms with Gasteiger partial charge in [0.05, 0.1) is 11.1 Å². The molecule has 0 saturated heterocycles. The Morgan fingerprint density at radius 1 is 1.33 bits per heavy atom. The summed E-state index contributed by atoms with van der Waals surface area (Å²) in [5, 5.41) is 24.3. The van der Waals surface area contributed by atoms with Gasteiger partial charge in [-0.15, -0.1) is 0 Å². The van der Waals surface area contributed by atoms with Gasteiger partial charge in [0.1, 0.15) is 23.3 Å². The van der Waals surface area contributed by atoms with Crippen LogP contribution in [-0.4, -0.2) is 24.6 Å². The zero-order valence-electron chi connectivity index (χ0n) is 10.9. The Bertz CT molecular complexity index is 826. The van der Waals surface area contributed by atoms with E-state index in [1.165, 1.54) is 41.3 Å². The number of hydrogen-bond acceptors (Lipinski definition) is 6. The van der Waals surface area contributed by atoms with E-state index in [-0.39, 0.29) is 17.3 Å². The van der Waals surface area contributed by atoms with Crippen molar-refractivity contribution in [3.05, 3.63) is 52.5 Å². The molecule has 2 heterocycles. The Morgan fingerprint density at radius 3 is 2.71 bits per heavy atom. The van der Waals surface area contributed by atoms with Crippen LogP contribution in [0.5, 0.6) is 17.4 Å². The maximum Gasteiger partial charge on any atom is 0.269 e. The molecule has 3 aromatic rings. The third kappa shape index (κ3) is 2.22. The van der Waals surface area contributed by atoms with Crippen molar-refractivity contribution in [1.82, 2.24) is 14.6 Å². The molecule has 3 rings (SSSR count). The largest absolute Gasteiger partial charge is 0.506 e. The van der Waals surface area contributed by atoms with Crippen LogP contribution in [0.3, 0.4) is 0 Å². The summed E-state index contributed by atoms with van der Waals surface area (Å²) in [6.45, 7) is 1.72. The molecule has 0 unspecified atom stereocenters. The number of fused-ring (bicyclic) bond motifs is 1. The second-order valence-corrected chi connectivity index (χ2v) is 4.35. The van der Waals surface area contributed by atoms with E-state index < -0.39 is 4.92 Å². The first-order chi connectivity index (χ1) is 10.1. The lowest BCUT2D eigenvalue weighted by Crippen LogP contribution is -1.96. The Morgan fingerprint density at radius 2 is 2.05 bits per heavy atom. The van der Waals surface area contributed by atoms with E-state index in [9.17, 15) is 15.2 Å². The quantitative estimate of drug-likeness (QED) is 0.586. The molecule has 0 aliphatic heterocycles.